The highest BCUT2D eigenvalue weighted by atomic mass is 32.1. The van der Waals surface area contributed by atoms with Gasteiger partial charge in [0.25, 0.3) is 5.91 Å². The van der Waals surface area contributed by atoms with Gasteiger partial charge in [-0.1, -0.05) is 6.07 Å². The molecule has 2 N–H and O–H groups in total. The van der Waals surface area contributed by atoms with Crippen molar-refractivity contribution in [2.45, 2.75) is 32.7 Å². The highest BCUT2D eigenvalue weighted by Crippen LogP contribution is 2.43. The standard InChI is InChI=1S/C14H16N2OS/c1-8-12(11-4-3-7-18-11)13(14(15)17)9(2)16(8)10-5-6-10/h3-4,7,10H,5-6H2,1-2H3,(H2,15,17). The van der Waals surface area contributed by atoms with E-state index in [0.717, 1.165) is 16.1 Å². The molecule has 1 aliphatic rings. The fraction of sp³-hybridized carbons (Fsp3) is 0.357. The molecule has 0 aromatic carbocycles. The number of rotatable bonds is 3. The Labute approximate surface area is 110 Å². The maximum Gasteiger partial charge on any atom is 0.251 e. The quantitative estimate of drug-likeness (QED) is 0.904. The zero-order valence-corrected chi connectivity index (χ0v) is 11.4. The van der Waals surface area contributed by atoms with Crippen molar-refractivity contribution in [3.05, 3.63) is 34.5 Å². The lowest BCUT2D eigenvalue weighted by atomic mass is 10.1. The molecule has 0 unspecified atom stereocenters. The summed E-state index contributed by atoms with van der Waals surface area (Å²) in [4.78, 5) is 12.9. The van der Waals surface area contributed by atoms with Gasteiger partial charge in [0.15, 0.2) is 0 Å². The van der Waals surface area contributed by atoms with E-state index in [1.807, 2.05) is 18.4 Å². The Balaban J connectivity index is 2.28. The van der Waals surface area contributed by atoms with Gasteiger partial charge in [-0.3, -0.25) is 4.79 Å². The summed E-state index contributed by atoms with van der Waals surface area (Å²) in [6.45, 7) is 4.09. The van der Waals surface area contributed by atoms with Crippen molar-refractivity contribution in [3.8, 4) is 10.4 Å². The van der Waals surface area contributed by atoms with Crippen LogP contribution in [0.4, 0.5) is 0 Å². The predicted octanol–water partition coefficient (Wildman–Crippen LogP) is 3.27. The zero-order chi connectivity index (χ0) is 12.9. The van der Waals surface area contributed by atoms with Crippen LogP contribution in [0.25, 0.3) is 10.4 Å². The second-order valence-electron chi connectivity index (χ2n) is 4.86. The fourth-order valence-electron chi connectivity index (χ4n) is 2.76. The number of carbonyl (C=O) groups is 1. The van der Waals surface area contributed by atoms with E-state index in [4.69, 9.17) is 5.73 Å². The highest BCUT2D eigenvalue weighted by Gasteiger charge is 2.31. The van der Waals surface area contributed by atoms with Gasteiger partial charge in [-0.15, -0.1) is 11.3 Å². The second-order valence-corrected chi connectivity index (χ2v) is 5.81. The van der Waals surface area contributed by atoms with Gasteiger partial charge in [0.1, 0.15) is 0 Å². The van der Waals surface area contributed by atoms with Gasteiger partial charge < -0.3 is 10.3 Å². The van der Waals surface area contributed by atoms with Crippen molar-refractivity contribution in [2.75, 3.05) is 0 Å². The van der Waals surface area contributed by atoms with Crippen LogP contribution in [-0.2, 0) is 0 Å². The molecule has 0 spiro atoms. The van der Waals surface area contributed by atoms with E-state index in [1.165, 1.54) is 18.5 Å². The molecule has 0 atom stereocenters. The molecule has 3 nitrogen and oxygen atoms in total. The van der Waals surface area contributed by atoms with Gasteiger partial charge >= 0.3 is 0 Å². The summed E-state index contributed by atoms with van der Waals surface area (Å²) in [5.74, 6) is -0.321. The fourth-order valence-corrected chi connectivity index (χ4v) is 3.59. The number of thiophene rings is 1. The van der Waals surface area contributed by atoms with E-state index in [0.29, 0.717) is 11.6 Å². The number of nitrogens with zero attached hydrogens (tertiary/aromatic N) is 1. The van der Waals surface area contributed by atoms with Crippen LogP contribution >= 0.6 is 11.3 Å². The topological polar surface area (TPSA) is 48.0 Å². The number of primary amides is 1. The smallest absolute Gasteiger partial charge is 0.251 e. The van der Waals surface area contributed by atoms with Gasteiger partial charge in [0.05, 0.1) is 5.56 Å². The highest BCUT2D eigenvalue weighted by molar-refractivity contribution is 7.13. The summed E-state index contributed by atoms with van der Waals surface area (Å²) in [5.41, 5.74) is 9.49. The number of aromatic nitrogens is 1. The summed E-state index contributed by atoms with van der Waals surface area (Å²) < 4.78 is 2.29. The molecule has 2 aromatic rings. The molecule has 1 amide bonds. The summed E-state index contributed by atoms with van der Waals surface area (Å²) in [6.07, 6.45) is 2.41. The predicted molar refractivity (Wildman–Crippen MR) is 74.0 cm³/mol. The summed E-state index contributed by atoms with van der Waals surface area (Å²) >= 11 is 1.65. The van der Waals surface area contributed by atoms with Gasteiger partial charge in [-0.2, -0.15) is 0 Å². The number of carbonyl (C=O) groups excluding carboxylic acids is 1. The molecular weight excluding hydrogens is 244 g/mol. The molecule has 3 rings (SSSR count). The molecule has 0 radical (unpaired) electrons. The zero-order valence-electron chi connectivity index (χ0n) is 10.6. The lowest BCUT2D eigenvalue weighted by molar-refractivity contribution is 0.1000. The van der Waals surface area contributed by atoms with Gasteiger partial charge in [0, 0.05) is 27.9 Å². The monoisotopic (exact) mass is 260 g/mol. The molecule has 0 bridgehead atoms. The maximum atomic E-state index is 11.8. The van der Waals surface area contributed by atoms with E-state index >= 15 is 0 Å². The molecule has 0 saturated heterocycles. The number of amides is 1. The SMILES string of the molecule is Cc1c(C(N)=O)c(-c2cccs2)c(C)n1C1CC1. The van der Waals surface area contributed by atoms with Crippen LogP contribution in [-0.4, -0.2) is 10.5 Å². The minimum absolute atomic E-state index is 0.321. The Morgan fingerprint density at radius 3 is 2.61 bits per heavy atom. The molecule has 2 heterocycles. The van der Waals surface area contributed by atoms with Crippen LogP contribution in [0.1, 0.15) is 40.6 Å². The molecule has 0 aliphatic heterocycles. The Bertz CT molecular complexity index is 606. The third-order valence-electron chi connectivity index (χ3n) is 3.62. The van der Waals surface area contributed by atoms with E-state index in [9.17, 15) is 4.79 Å². The second kappa shape index (κ2) is 3.99. The first-order valence-electron chi connectivity index (χ1n) is 6.16. The van der Waals surface area contributed by atoms with Crippen LogP contribution in [0.2, 0.25) is 0 Å². The molecule has 18 heavy (non-hydrogen) atoms. The minimum Gasteiger partial charge on any atom is -0.366 e. The molecule has 2 aromatic heterocycles. The Morgan fingerprint density at radius 2 is 2.11 bits per heavy atom. The van der Waals surface area contributed by atoms with Crippen LogP contribution in [0.15, 0.2) is 17.5 Å². The summed E-state index contributed by atoms with van der Waals surface area (Å²) in [5, 5.41) is 2.03. The van der Waals surface area contributed by atoms with Crippen molar-refractivity contribution < 1.29 is 4.79 Å². The van der Waals surface area contributed by atoms with Crippen LogP contribution in [0.3, 0.4) is 0 Å². The average Bonchev–Trinajstić information content (AvgIpc) is 2.90. The lowest BCUT2D eigenvalue weighted by Crippen LogP contribution is -2.13. The van der Waals surface area contributed by atoms with Gasteiger partial charge in [-0.05, 0) is 38.1 Å². The number of hydrogen-bond acceptors (Lipinski definition) is 2. The first kappa shape index (κ1) is 11.5. The first-order valence-corrected chi connectivity index (χ1v) is 7.04. The first-order chi connectivity index (χ1) is 8.61. The van der Waals surface area contributed by atoms with E-state index in [-0.39, 0.29) is 5.91 Å². The largest absolute Gasteiger partial charge is 0.366 e. The molecule has 1 fully saturated rings. The van der Waals surface area contributed by atoms with Crippen molar-refractivity contribution in [1.82, 2.24) is 4.57 Å². The van der Waals surface area contributed by atoms with Crippen molar-refractivity contribution in [2.24, 2.45) is 5.73 Å². The Kier molecular flexibility index (Phi) is 2.55. The summed E-state index contributed by atoms with van der Waals surface area (Å²) in [6, 6.07) is 4.63. The Hall–Kier alpha value is -1.55. The van der Waals surface area contributed by atoms with Gasteiger partial charge in [-0.25, -0.2) is 0 Å². The van der Waals surface area contributed by atoms with Crippen LogP contribution in [0, 0.1) is 13.8 Å². The van der Waals surface area contributed by atoms with Crippen LogP contribution in [0.5, 0.6) is 0 Å². The number of hydrogen-bond donors (Lipinski definition) is 1. The lowest BCUT2D eigenvalue weighted by Gasteiger charge is -2.06. The molecule has 1 saturated carbocycles. The Morgan fingerprint density at radius 1 is 1.39 bits per heavy atom. The molecule has 1 aliphatic carbocycles. The normalized spacial score (nSPS) is 15.0. The van der Waals surface area contributed by atoms with Crippen molar-refractivity contribution in [3.63, 3.8) is 0 Å². The molecule has 4 heteroatoms. The van der Waals surface area contributed by atoms with Crippen molar-refractivity contribution >= 4 is 17.2 Å². The van der Waals surface area contributed by atoms with Crippen LogP contribution < -0.4 is 5.73 Å². The maximum absolute atomic E-state index is 11.8. The minimum atomic E-state index is -0.321. The summed E-state index contributed by atoms with van der Waals surface area (Å²) in [7, 11) is 0. The van der Waals surface area contributed by atoms with Gasteiger partial charge in [0.2, 0.25) is 0 Å². The molecular formula is C14H16N2OS. The number of nitrogens with two attached hydrogens (primary N) is 1. The van der Waals surface area contributed by atoms with E-state index in [2.05, 4.69) is 17.6 Å². The average molecular weight is 260 g/mol. The third kappa shape index (κ3) is 1.60. The molecule has 94 valence electrons. The third-order valence-corrected chi connectivity index (χ3v) is 4.51. The van der Waals surface area contributed by atoms with E-state index < -0.39 is 0 Å². The van der Waals surface area contributed by atoms with E-state index in [1.54, 1.807) is 11.3 Å². The van der Waals surface area contributed by atoms with Crippen molar-refractivity contribution in [1.29, 1.82) is 0 Å².